The lowest BCUT2D eigenvalue weighted by atomic mass is 9.91. The predicted molar refractivity (Wildman–Crippen MR) is 69.8 cm³/mol. The summed E-state index contributed by atoms with van der Waals surface area (Å²) < 4.78 is 0. The second kappa shape index (κ2) is 5.38. The summed E-state index contributed by atoms with van der Waals surface area (Å²) in [6.45, 7) is 8.64. The molecule has 17 heavy (non-hydrogen) atoms. The Hall–Kier alpha value is -0.570. The highest BCUT2D eigenvalue weighted by Crippen LogP contribution is 2.28. The summed E-state index contributed by atoms with van der Waals surface area (Å²) in [4.78, 5) is 14.7. The molecule has 1 amide bonds. The summed E-state index contributed by atoms with van der Waals surface area (Å²) in [5.74, 6) is 1.29. The molecule has 0 bridgehead atoms. The number of carbonyl (C=O) groups is 1. The van der Waals surface area contributed by atoms with Gasteiger partial charge in [-0.1, -0.05) is 13.8 Å². The molecule has 1 N–H and O–H groups in total. The second-order valence-corrected chi connectivity index (χ2v) is 6.06. The highest BCUT2D eigenvalue weighted by atomic mass is 16.2. The molecule has 3 unspecified atom stereocenters. The van der Waals surface area contributed by atoms with Crippen LogP contribution in [0.2, 0.25) is 0 Å². The van der Waals surface area contributed by atoms with Crippen LogP contribution in [0.1, 0.15) is 46.5 Å². The Morgan fingerprint density at radius 2 is 2.12 bits per heavy atom. The predicted octanol–water partition coefficient (Wildman–Crippen LogP) is 2.02. The number of carbonyl (C=O) groups excluding carboxylic acids is 1. The topological polar surface area (TPSA) is 32.3 Å². The molecule has 3 atom stereocenters. The smallest absolute Gasteiger partial charge is 0.226 e. The first-order valence-corrected chi connectivity index (χ1v) is 7.13. The van der Waals surface area contributed by atoms with E-state index in [2.05, 4.69) is 31.0 Å². The molecule has 3 heteroatoms. The molecule has 0 spiro atoms. The molecular weight excluding hydrogens is 212 g/mol. The number of nitrogens with one attached hydrogen (secondary N) is 1. The van der Waals surface area contributed by atoms with Crippen LogP contribution in [0.5, 0.6) is 0 Å². The zero-order valence-corrected chi connectivity index (χ0v) is 11.4. The van der Waals surface area contributed by atoms with Crippen LogP contribution < -0.4 is 5.32 Å². The van der Waals surface area contributed by atoms with E-state index in [0.717, 1.165) is 25.9 Å². The minimum atomic E-state index is 0.269. The molecule has 0 saturated carbocycles. The van der Waals surface area contributed by atoms with Gasteiger partial charge in [-0.3, -0.25) is 4.79 Å². The number of likely N-dealkylation sites (tertiary alicyclic amines) is 1. The van der Waals surface area contributed by atoms with E-state index in [9.17, 15) is 4.79 Å². The Morgan fingerprint density at radius 1 is 1.35 bits per heavy atom. The summed E-state index contributed by atoms with van der Waals surface area (Å²) in [6, 6.07) is 0.991. The quantitative estimate of drug-likeness (QED) is 0.798. The molecule has 2 rings (SSSR count). The Morgan fingerprint density at radius 3 is 2.76 bits per heavy atom. The van der Waals surface area contributed by atoms with Crippen LogP contribution in [-0.2, 0) is 4.79 Å². The van der Waals surface area contributed by atoms with Crippen molar-refractivity contribution in [3.05, 3.63) is 0 Å². The van der Waals surface area contributed by atoms with Crippen molar-refractivity contribution >= 4 is 5.91 Å². The van der Waals surface area contributed by atoms with E-state index in [1.165, 1.54) is 12.8 Å². The van der Waals surface area contributed by atoms with Crippen LogP contribution in [0.3, 0.4) is 0 Å². The zero-order valence-electron chi connectivity index (χ0n) is 11.4. The van der Waals surface area contributed by atoms with Crippen molar-refractivity contribution in [3.8, 4) is 0 Å². The normalized spacial score (nSPS) is 34.4. The van der Waals surface area contributed by atoms with Crippen LogP contribution in [0.25, 0.3) is 0 Å². The molecule has 0 radical (unpaired) electrons. The third kappa shape index (κ3) is 2.82. The molecule has 3 nitrogen and oxygen atoms in total. The fourth-order valence-electron chi connectivity index (χ4n) is 3.35. The number of hydrogen-bond acceptors (Lipinski definition) is 2. The van der Waals surface area contributed by atoms with Gasteiger partial charge in [-0.2, -0.15) is 0 Å². The molecule has 0 aliphatic carbocycles. The largest absolute Gasteiger partial charge is 0.339 e. The minimum Gasteiger partial charge on any atom is -0.339 e. The highest BCUT2D eigenvalue weighted by Gasteiger charge is 2.35. The molecule has 0 aromatic carbocycles. The van der Waals surface area contributed by atoms with E-state index < -0.39 is 0 Å². The molecule has 2 aliphatic rings. The van der Waals surface area contributed by atoms with Crippen molar-refractivity contribution in [1.82, 2.24) is 10.2 Å². The Labute approximate surface area is 105 Å². The molecule has 2 saturated heterocycles. The van der Waals surface area contributed by atoms with E-state index in [0.29, 0.717) is 23.9 Å². The van der Waals surface area contributed by atoms with Crippen molar-refractivity contribution in [2.24, 2.45) is 11.8 Å². The van der Waals surface area contributed by atoms with Gasteiger partial charge in [0.15, 0.2) is 0 Å². The monoisotopic (exact) mass is 238 g/mol. The maximum atomic E-state index is 12.6. The average molecular weight is 238 g/mol. The lowest BCUT2D eigenvalue weighted by molar-refractivity contribution is -0.138. The van der Waals surface area contributed by atoms with Crippen LogP contribution in [0.4, 0.5) is 0 Å². The Kier molecular flexibility index (Phi) is 4.08. The Bertz CT molecular complexity index is 277. The van der Waals surface area contributed by atoms with Crippen molar-refractivity contribution < 1.29 is 4.79 Å². The fraction of sp³-hybridized carbons (Fsp3) is 0.929. The lowest BCUT2D eigenvalue weighted by Gasteiger charge is -2.34. The van der Waals surface area contributed by atoms with Gasteiger partial charge in [-0.15, -0.1) is 0 Å². The zero-order chi connectivity index (χ0) is 12.4. The molecule has 0 aromatic heterocycles. The third-order valence-corrected chi connectivity index (χ3v) is 4.32. The van der Waals surface area contributed by atoms with Gasteiger partial charge < -0.3 is 10.2 Å². The molecule has 0 aromatic rings. The van der Waals surface area contributed by atoms with E-state index in [1.54, 1.807) is 0 Å². The maximum absolute atomic E-state index is 12.6. The summed E-state index contributed by atoms with van der Waals surface area (Å²) in [7, 11) is 0. The van der Waals surface area contributed by atoms with Crippen molar-refractivity contribution in [2.45, 2.75) is 58.5 Å². The number of piperidine rings is 1. The van der Waals surface area contributed by atoms with Gasteiger partial charge >= 0.3 is 0 Å². The van der Waals surface area contributed by atoms with Crippen LogP contribution in [-0.4, -0.2) is 36.0 Å². The number of amides is 1. The molecular formula is C14H26N2O. The van der Waals surface area contributed by atoms with Gasteiger partial charge in [0.05, 0.1) is 0 Å². The number of rotatable bonds is 2. The van der Waals surface area contributed by atoms with Gasteiger partial charge in [0, 0.05) is 24.5 Å². The molecule has 2 heterocycles. The molecule has 98 valence electrons. The third-order valence-electron chi connectivity index (χ3n) is 4.32. The van der Waals surface area contributed by atoms with Crippen molar-refractivity contribution in [3.63, 3.8) is 0 Å². The SMILES string of the molecule is CC1CC(C(=O)N2CCCC2C(C)C)CCN1. The first-order valence-electron chi connectivity index (χ1n) is 7.13. The van der Waals surface area contributed by atoms with Crippen LogP contribution in [0.15, 0.2) is 0 Å². The minimum absolute atomic E-state index is 0.269. The Balaban J connectivity index is 1.98. The standard InChI is InChI=1S/C14H26N2O/c1-10(2)13-5-4-8-16(13)14(17)12-6-7-15-11(3)9-12/h10-13,15H,4-9H2,1-3H3. The van der Waals surface area contributed by atoms with E-state index in [-0.39, 0.29) is 5.92 Å². The summed E-state index contributed by atoms with van der Waals surface area (Å²) in [6.07, 6.45) is 4.42. The van der Waals surface area contributed by atoms with Crippen LogP contribution in [0, 0.1) is 11.8 Å². The number of nitrogens with zero attached hydrogens (tertiary/aromatic N) is 1. The summed E-state index contributed by atoms with van der Waals surface area (Å²) in [5.41, 5.74) is 0. The first-order chi connectivity index (χ1) is 8.09. The lowest BCUT2D eigenvalue weighted by Crippen LogP contribution is -2.46. The second-order valence-electron chi connectivity index (χ2n) is 6.06. The summed E-state index contributed by atoms with van der Waals surface area (Å²) >= 11 is 0. The van der Waals surface area contributed by atoms with Gasteiger partial charge in [0.1, 0.15) is 0 Å². The van der Waals surface area contributed by atoms with Gasteiger partial charge in [0.2, 0.25) is 5.91 Å². The van der Waals surface area contributed by atoms with Gasteiger partial charge in [0.25, 0.3) is 0 Å². The van der Waals surface area contributed by atoms with E-state index >= 15 is 0 Å². The summed E-state index contributed by atoms with van der Waals surface area (Å²) in [5, 5.41) is 3.42. The number of hydrogen-bond donors (Lipinski definition) is 1. The van der Waals surface area contributed by atoms with Gasteiger partial charge in [-0.05, 0) is 45.1 Å². The van der Waals surface area contributed by atoms with Crippen molar-refractivity contribution in [2.75, 3.05) is 13.1 Å². The fourth-order valence-corrected chi connectivity index (χ4v) is 3.35. The first kappa shape index (κ1) is 12.9. The van der Waals surface area contributed by atoms with Gasteiger partial charge in [-0.25, -0.2) is 0 Å². The van der Waals surface area contributed by atoms with Crippen LogP contribution >= 0.6 is 0 Å². The van der Waals surface area contributed by atoms with E-state index in [4.69, 9.17) is 0 Å². The van der Waals surface area contributed by atoms with Crippen molar-refractivity contribution in [1.29, 1.82) is 0 Å². The maximum Gasteiger partial charge on any atom is 0.226 e. The molecule has 2 aliphatic heterocycles. The van der Waals surface area contributed by atoms with E-state index in [1.807, 2.05) is 0 Å². The average Bonchev–Trinajstić information content (AvgIpc) is 2.77. The highest BCUT2D eigenvalue weighted by molar-refractivity contribution is 5.79. The molecule has 2 fully saturated rings.